The van der Waals surface area contributed by atoms with Crippen LogP contribution in [0.25, 0.3) is 0 Å². The molecule has 0 spiro atoms. The largest absolute Gasteiger partial charge is 0.388 e. The Hall–Kier alpha value is -0.450. The van der Waals surface area contributed by atoms with E-state index in [0.717, 1.165) is 23.5 Å². The van der Waals surface area contributed by atoms with Gasteiger partial charge in [-0.25, -0.2) is 4.98 Å². The van der Waals surface area contributed by atoms with Crippen molar-refractivity contribution >= 4 is 11.3 Å². The minimum absolute atomic E-state index is 0.305. The molecule has 0 saturated heterocycles. The predicted molar refractivity (Wildman–Crippen MR) is 59.5 cm³/mol. The molecule has 4 heteroatoms. The highest BCUT2D eigenvalue weighted by Crippen LogP contribution is 2.20. The highest BCUT2D eigenvalue weighted by Gasteiger charge is 2.25. The van der Waals surface area contributed by atoms with E-state index in [4.69, 9.17) is 5.73 Å². The molecule has 1 rings (SSSR count). The summed E-state index contributed by atoms with van der Waals surface area (Å²) < 4.78 is 0. The van der Waals surface area contributed by atoms with Crippen LogP contribution in [0.2, 0.25) is 0 Å². The molecular weight excluding hydrogens is 196 g/mol. The number of aromatic nitrogens is 1. The number of aliphatic hydroxyl groups is 1. The van der Waals surface area contributed by atoms with Crippen LogP contribution < -0.4 is 5.73 Å². The first kappa shape index (κ1) is 11.6. The van der Waals surface area contributed by atoms with E-state index in [1.165, 1.54) is 0 Å². The lowest BCUT2D eigenvalue weighted by molar-refractivity contribution is 0.0398. The van der Waals surface area contributed by atoms with Crippen LogP contribution in [0.5, 0.6) is 0 Å². The van der Waals surface area contributed by atoms with Crippen LogP contribution in [-0.4, -0.2) is 22.2 Å². The maximum absolute atomic E-state index is 10.1. The third-order valence-electron chi connectivity index (χ3n) is 2.24. The van der Waals surface area contributed by atoms with Gasteiger partial charge in [-0.3, -0.25) is 0 Å². The fourth-order valence-electron chi connectivity index (χ4n) is 1.49. The van der Waals surface area contributed by atoms with Gasteiger partial charge in [0.1, 0.15) is 0 Å². The van der Waals surface area contributed by atoms with Gasteiger partial charge in [0.05, 0.1) is 10.6 Å². The average Bonchev–Trinajstić information content (AvgIpc) is 2.51. The van der Waals surface area contributed by atoms with Gasteiger partial charge in [-0.2, -0.15) is 0 Å². The summed E-state index contributed by atoms with van der Waals surface area (Å²) in [6.07, 6.45) is 2.26. The number of hydrogen-bond acceptors (Lipinski definition) is 4. The van der Waals surface area contributed by atoms with Crippen molar-refractivity contribution < 1.29 is 5.11 Å². The van der Waals surface area contributed by atoms with Gasteiger partial charge in [-0.05, 0) is 13.3 Å². The van der Waals surface area contributed by atoms with E-state index in [9.17, 15) is 5.11 Å². The Morgan fingerprint density at radius 2 is 2.36 bits per heavy atom. The van der Waals surface area contributed by atoms with Crippen molar-refractivity contribution in [3.05, 3.63) is 16.1 Å². The van der Waals surface area contributed by atoms with Crippen LogP contribution in [0.3, 0.4) is 0 Å². The maximum atomic E-state index is 10.1. The number of aryl methyl sites for hydroxylation is 1. The van der Waals surface area contributed by atoms with Gasteiger partial charge in [-0.1, -0.05) is 13.3 Å². The first-order chi connectivity index (χ1) is 6.59. The number of rotatable bonds is 5. The summed E-state index contributed by atoms with van der Waals surface area (Å²) in [7, 11) is 0. The van der Waals surface area contributed by atoms with Crippen LogP contribution in [0.15, 0.2) is 5.38 Å². The molecule has 0 aliphatic heterocycles. The summed E-state index contributed by atoms with van der Waals surface area (Å²) >= 11 is 1.59. The summed E-state index contributed by atoms with van der Waals surface area (Å²) in [4.78, 5) is 4.33. The lowest BCUT2D eigenvalue weighted by Gasteiger charge is -2.24. The molecule has 1 aromatic rings. The molecule has 0 aliphatic carbocycles. The van der Waals surface area contributed by atoms with Crippen molar-refractivity contribution in [2.75, 3.05) is 6.54 Å². The molecule has 1 aromatic heterocycles. The van der Waals surface area contributed by atoms with Crippen molar-refractivity contribution in [3.63, 3.8) is 0 Å². The van der Waals surface area contributed by atoms with Crippen LogP contribution in [-0.2, 0) is 6.42 Å². The van der Waals surface area contributed by atoms with E-state index in [-0.39, 0.29) is 0 Å². The van der Waals surface area contributed by atoms with Gasteiger partial charge in [0.25, 0.3) is 0 Å². The highest BCUT2D eigenvalue weighted by atomic mass is 32.1. The molecule has 0 saturated carbocycles. The van der Waals surface area contributed by atoms with Crippen LogP contribution in [0.4, 0.5) is 0 Å². The zero-order chi connectivity index (χ0) is 10.6. The van der Waals surface area contributed by atoms with E-state index < -0.39 is 5.60 Å². The topological polar surface area (TPSA) is 59.1 Å². The summed E-state index contributed by atoms with van der Waals surface area (Å²) in [5.74, 6) is 0. The third kappa shape index (κ3) is 3.04. The normalized spacial score (nSPS) is 15.4. The van der Waals surface area contributed by atoms with Gasteiger partial charge in [-0.15, -0.1) is 11.3 Å². The molecule has 3 N–H and O–H groups in total. The summed E-state index contributed by atoms with van der Waals surface area (Å²) in [6, 6.07) is 0. The predicted octanol–water partition coefficient (Wildman–Crippen LogP) is 1.48. The summed E-state index contributed by atoms with van der Waals surface area (Å²) in [5.41, 5.74) is 5.82. The minimum atomic E-state index is -0.765. The minimum Gasteiger partial charge on any atom is -0.388 e. The van der Waals surface area contributed by atoms with Gasteiger partial charge in [0.15, 0.2) is 0 Å². The summed E-state index contributed by atoms with van der Waals surface area (Å²) in [6.45, 7) is 4.31. The lowest BCUT2D eigenvalue weighted by atomic mass is 9.95. The fraction of sp³-hybridized carbons (Fsp3) is 0.700. The molecule has 0 radical (unpaired) electrons. The van der Waals surface area contributed by atoms with Gasteiger partial charge >= 0.3 is 0 Å². The van der Waals surface area contributed by atoms with E-state index in [1.807, 2.05) is 19.2 Å². The molecular formula is C10H18N2OS. The number of thiazole rings is 1. The monoisotopic (exact) mass is 214 g/mol. The molecule has 3 nitrogen and oxygen atoms in total. The van der Waals surface area contributed by atoms with Gasteiger partial charge in [0, 0.05) is 24.0 Å². The van der Waals surface area contributed by atoms with Crippen LogP contribution in [0.1, 0.15) is 30.5 Å². The molecule has 0 amide bonds. The lowest BCUT2D eigenvalue weighted by Crippen LogP contribution is -2.39. The molecule has 80 valence electrons. The third-order valence-corrected chi connectivity index (χ3v) is 3.21. The second-order valence-corrected chi connectivity index (χ2v) is 4.68. The Labute approximate surface area is 89.0 Å². The smallest absolute Gasteiger partial charge is 0.0957 e. The molecule has 0 aliphatic rings. The summed E-state index contributed by atoms with van der Waals surface area (Å²) in [5, 5.41) is 13.1. The van der Waals surface area contributed by atoms with E-state index >= 15 is 0 Å². The first-order valence-electron chi connectivity index (χ1n) is 4.93. The molecule has 1 unspecified atom stereocenters. The van der Waals surface area contributed by atoms with Crippen molar-refractivity contribution in [2.45, 2.75) is 38.7 Å². The Bertz CT molecular complexity index is 287. The molecule has 0 bridgehead atoms. The quantitative estimate of drug-likeness (QED) is 0.780. The Morgan fingerprint density at radius 3 is 2.79 bits per heavy atom. The second-order valence-electron chi connectivity index (χ2n) is 3.74. The average molecular weight is 214 g/mol. The van der Waals surface area contributed by atoms with Crippen molar-refractivity contribution in [3.8, 4) is 0 Å². The van der Waals surface area contributed by atoms with Gasteiger partial charge in [0.2, 0.25) is 0 Å². The highest BCUT2D eigenvalue weighted by molar-refractivity contribution is 7.09. The number of nitrogens with two attached hydrogens (primary N) is 1. The Balaban J connectivity index is 2.64. The number of hydrogen-bond donors (Lipinski definition) is 2. The maximum Gasteiger partial charge on any atom is 0.0957 e. The SMILES string of the molecule is CCCC(O)(CN)Cc1nc(C)cs1. The van der Waals surface area contributed by atoms with Crippen LogP contribution >= 0.6 is 11.3 Å². The Kier molecular flexibility index (Phi) is 4.04. The second kappa shape index (κ2) is 4.87. The molecule has 1 atom stereocenters. The van der Waals surface area contributed by atoms with Crippen LogP contribution in [0, 0.1) is 6.92 Å². The Morgan fingerprint density at radius 1 is 1.64 bits per heavy atom. The van der Waals surface area contributed by atoms with E-state index in [0.29, 0.717) is 13.0 Å². The number of nitrogens with zero attached hydrogens (tertiary/aromatic N) is 1. The molecule has 1 heterocycles. The molecule has 0 aromatic carbocycles. The van der Waals surface area contributed by atoms with E-state index in [2.05, 4.69) is 4.98 Å². The van der Waals surface area contributed by atoms with E-state index in [1.54, 1.807) is 11.3 Å². The van der Waals surface area contributed by atoms with Gasteiger partial charge < -0.3 is 10.8 Å². The fourth-order valence-corrected chi connectivity index (χ4v) is 2.40. The first-order valence-corrected chi connectivity index (χ1v) is 5.81. The van der Waals surface area contributed by atoms with Crippen molar-refractivity contribution in [1.29, 1.82) is 0 Å². The zero-order valence-corrected chi connectivity index (χ0v) is 9.60. The molecule has 0 fully saturated rings. The molecule has 14 heavy (non-hydrogen) atoms. The van der Waals surface area contributed by atoms with Crippen molar-refractivity contribution in [2.24, 2.45) is 5.73 Å². The zero-order valence-electron chi connectivity index (χ0n) is 8.79. The van der Waals surface area contributed by atoms with Crippen molar-refractivity contribution in [1.82, 2.24) is 4.98 Å². The standard InChI is InChI=1S/C10H18N2OS/c1-3-4-10(13,7-11)5-9-12-8(2)6-14-9/h6,13H,3-5,7,11H2,1-2H3.